The Morgan fingerprint density at radius 1 is 1.44 bits per heavy atom. The maximum atomic E-state index is 10.1. The van der Waals surface area contributed by atoms with Crippen LogP contribution in [0.1, 0.15) is 19.5 Å². The van der Waals surface area contributed by atoms with Crippen LogP contribution in [0.15, 0.2) is 24.4 Å². The standard InChI is InChI=1S/C13H20N2O/c1-11(2)13(16)9-15(10-13)8-6-12-5-3-4-7-14-12/h3-5,7,11,16H,6,8-10H2,1-2H3. The number of likely N-dealkylation sites (tertiary alicyclic amines) is 1. The zero-order valence-corrected chi connectivity index (χ0v) is 10.1. The summed E-state index contributed by atoms with van der Waals surface area (Å²) in [7, 11) is 0. The number of pyridine rings is 1. The van der Waals surface area contributed by atoms with Crippen LogP contribution in [0.4, 0.5) is 0 Å². The molecule has 1 N–H and O–H groups in total. The summed E-state index contributed by atoms with van der Waals surface area (Å²) in [6.45, 7) is 6.76. The third-order valence-electron chi connectivity index (χ3n) is 3.48. The summed E-state index contributed by atoms with van der Waals surface area (Å²) >= 11 is 0. The van der Waals surface area contributed by atoms with Crippen molar-refractivity contribution in [2.24, 2.45) is 5.92 Å². The monoisotopic (exact) mass is 220 g/mol. The minimum atomic E-state index is -0.454. The highest BCUT2D eigenvalue weighted by Crippen LogP contribution is 2.28. The number of nitrogens with zero attached hydrogens (tertiary/aromatic N) is 2. The Kier molecular flexibility index (Phi) is 3.26. The van der Waals surface area contributed by atoms with E-state index in [0.29, 0.717) is 5.92 Å². The molecule has 1 aromatic rings. The molecule has 1 aliphatic rings. The lowest BCUT2D eigenvalue weighted by Crippen LogP contribution is -2.64. The van der Waals surface area contributed by atoms with E-state index in [2.05, 4.69) is 29.8 Å². The van der Waals surface area contributed by atoms with E-state index in [1.807, 2.05) is 18.3 Å². The molecule has 1 aromatic heterocycles. The average Bonchev–Trinajstić information content (AvgIpc) is 2.24. The third kappa shape index (κ3) is 2.42. The average molecular weight is 220 g/mol. The Morgan fingerprint density at radius 3 is 2.75 bits per heavy atom. The lowest BCUT2D eigenvalue weighted by atomic mass is 9.83. The molecule has 2 heterocycles. The van der Waals surface area contributed by atoms with Gasteiger partial charge in [-0.25, -0.2) is 0 Å². The van der Waals surface area contributed by atoms with Crippen molar-refractivity contribution in [2.75, 3.05) is 19.6 Å². The van der Waals surface area contributed by atoms with Gasteiger partial charge in [0.1, 0.15) is 0 Å². The molecule has 0 radical (unpaired) electrons. The summed E-state index contributed by atoms with van der Waals surface area (Å²) < 4.78 is 0. The van der Waals surface area contributed by atoms with Gasteiger partial charge >= 0.3 is 0 Å². The zero-order chi connectivity index (χ0) is 11.6. The van der Waals surface area contributed by atoms with Crippen LogP contribution >= 0.6 is 0 Å². The summed E-state index contributed by atoms with van der Waals surface area (Å²) in [4.78, 5) is 6.58. The van der Waals surface area contributed by atoms with Gasteiger partial charge in [0.25, 0.3) is 0 Å². The van der Waals surface area contributed by atoms with Crippen molar-refractivity contribution in [3.8, 4) is 0 Å². The summed E-state index contributed by atoms with van der Waals surface area (Å²) in [5, 5.41) is 10.1. The van der Waals surface area contributed by atoms with Crippen LogP contribution in [0.3, 0.4) is 0 Å². The van der Waals surface area contributed by atoms with E-state index >= 15 is 0 Å². The van der Waals surface area contributed by atoms with Crippen molar-refractivity contribution < 1.29 is 5.11 Å². The molecule has 0 aromatic carbocycles. The number of aliphatic hydroxyl groups is 1. The van der Waals surface area contributed by atoms with Gasteiger partial charge in [-0.05, 0) is 18.1 Å². The van der Waals surface area contributed by atoms with Crippen LogP contribution in [0.25, 0.3) is 0 Å². The number of hydrogen-bond acceptors (Lipinski definition) is 3. The van der Waals surface area contributed by atoms with Crippen LogP contribution in [0, 0.1) is 5.92 Å². The Balaban J connectivity index is 1.75. The fourth-order valence-electron chi connectivity index (χ4n) is 2.07. The largest absolute Gasteiger partial charge is 0.387 e. The van der Waals surface area contributed by atoms with Crippen molar-refractivity contribution in [3.05, 3.63) is 30.1 Å². The van der Waals surface area contributed by atoms with Crippen molar-refractivity contribution >= 4 is 0 Å². The van der Waals surface area contributed by atoms with Gasteiger partial charge in [0.05, 0.1) is 5.60 Å². The third-order valence-corrected chi connectivity index (χ3v) is 3.48. The first-order valence-corrected chi connectivity index (χ1v) is 5.95. The minimum absolute atomic E-state index is 0.346. The van der Waals surface area contributed by atoms with E-state index in [1.165, 1.54) is 0 Å². The Morgan fingerprint density at radius 2 is 2.19 bits per heavy atom. The van der Waals surface area contributed by atoms with Crippen LogP contribution in [-0.4, -0.2) is 40.2 Å². The number of β-amino-alcohol motifs (C(OH)–C–C–N with tert-alkyl or cyclic N) is 1. The topological polar surface area (TPSA) is 36.4 Å². The number of aromatic nitrogens is 1. The fourth-order valence-corrected chi connectivity index (χ4v) is 2.07. The van der Waals surface area contributed by atoms with Crippen molar-refractivity contribution in [1.29, 1.82) is 0 Å². The van der Waals surface area contributed by atoms with E-state index in [1.54, 1.807) is 0 Å². The van der Waals surface area contributed by atoms with E-state index in [-0.39, 0.29) is 0 Å². The van der Waals surface area contributed by atoms with Gasteiger partial charge in [-0.3, -0.25) is 9.88 Å². The highest BCUT2D eigenvalue weighted by Gasteiger charge is 2.42. The first-order valence-electron chi connectivity index (χ1n) is 5.95. The molecule has 0 amide bonds. The molecule has 1 saturated heterocycles. The highest BCUT2D eigenvalue weighted by atomic mass is 16.3. The smallest absolute Gasteiger partial charge is 0.0922 e. The zero-order valence-electron chi connectivity index (χ0n) is 10.1. The van der Waals surface area contributed by atoms with Gasteiger partial charge in [-0.15, -0.1) is 0 Å². The molecule has 0 saturated carbocycles. The van der Waals surface area contributed by atoms with E-state index in [9.17, 15) is 5.11 Å². The Bertz CT molecular complexity index is 331. The summed E-state index contributed by atoms with van der Waals surface area (Å²) in [6, 6.07) is 6.00. The minimum Gasteiger partial charge on any atom is -0.387 e. The molecule has 3 nitrogen and oxygen atoms in total. The van der Waals surface area contributed by atoms with Crippen LogP contribution in [0.2, 0.25) is 0 Å². The molecule has 1 aliphatic heterocycles. The van der Waals surface area contributed by atoms with Gasteiger partial charge in [-0.2, -0.15) is 0 Å². The fraction of sp³-hybridized carbons (Fsp3) is 0.615. The summed E-state index contributed by atoms with van der Waals surface area (Å²) in [6.07, 6.45) is 2.80. The van der Waals surface area contributed by atoms with Gasteiger partial charge in [0.15, 0.2) is 0 Å². The molecule has 0 unspecified atom stereocenters. The van der Waals surface area contributed by atoms with Gasteiger partial charge < -0.3 is 5.11 Å². The van der Waals surface area contributed by atoms with Gasteiger partial charge in [0.2, 0.25) is 0 Å². The predicted octanol–water partition coefficient (Wildman–Crippen LogP) is 1.33. The molecule has 0 bridgehead atoms. The second-order valence-electron chi connectivity index (χ2n) is 5.04. The Hall–Kier alpha value is -0.930. The van der Waals surface area contributed by atoms with Crippen LogP contribution in [-0.2, 0) is 6.42 Å². The molecule has 3 heteroatoms. The SMILES string of the molecule is CC(C)C1(O)CN(CCc2ccccn2)C1. The lowest BCUT2D eigenvalue weighted by molar-refractivity contribution is -0.126. The van der Waals surface area contributed by atoms with E-state index in [4.69, 9.17) is 0 Å². The maximum absolute atomic E-state index is 10.1. The molecule has 16 heavy (non-hydrogen) atoms. The molecule has 0 atom stereocenters. The molecule has 1 fully saturated rings. The van der Waals surface area contributed by atoms with E-state index < -0.39 is 5.60 Å². The first kappa shape index (κ1) is 11.6. The maximum Gasteiger partial charge on any atom is 0.0922 e. The molecular formula is C13H20N2O. The number of hydrogen-bond donors (Lipinski definition) is 1. The molecule has 0 spiro atoms. The van der Waals surface area contributed by atoms with Crippen molar-refractivity contribution in [2.45, 2.75) is 25.9 Å². The molecule has 0 aliphatic carbocycles. The molecular weight excluding hydrogens is 200 g/mol. The number of rotatable bonds is 4. The van der Waals surface area contributed by atoms with Crippen LogP contribution < -0.4 is 0 Å². The normalized spacial score (nSPS) is 19.8. The first-order chi connectivity index (χ1) is 7.60. The lowest BCUT2D eigenvalue weighted by Gasteiger charge is -2.49. The summed E-state index contributed by atoms with van der Waals surface area (Å²) in [5.41, 5.74) is 0.673. The molecule has 2 rings (SSSR count). The second kappa shape index (κ2) is 4.52. The second-order valence-corrected chi connectivity index (χ2v) is 5.04. The van der Waals surface area contributed by atoms with Crippen molar-refractivity contribution in [1.82, 2.24) is 9.88 Å². The quantitative estimate of drug-likeness (QED) is 0.831. The van der Waals surface area contributed by atoms with Gasteiger partial charge in [0, 0.05) is 37.9 Å². The highest BCUT2D eigenvalue weighted by molar-refractivity contribution is 5.05. The van der Waals surface area contributed by atoms with Gasteiger partial charge in [-0.1, -0.05) is 19.9 Å². The van der Waals surface area contributed by atoms with Crippen LogP contribution in [0.5, 0.6) is 0 Å². The van der Waals surface area contributed by atoms with Crippen molar-refractivity contribution in [3.63, 3.8) is 0 Å². The molecule has 88 valence electrons. The predicted molar refractivity (Wildman–Crippen MR) is 64.2 cm³/mol. The van der Waals surface area contributed by atoms with E-state index in [0.717, 1.165) is 31.7 Å². The summed E-state index contributed by atoms with van der Waals surface area (Å²) in [5.74, 6) is 0.346. The Labute approximate surface area is 97.1 Å².